The molecule has 1 atom stereocenters. The third-order valence-electron chi connectivity index (χ3n) is 3.73. The number of ether oxygens (including phenoxy) is 1. The van der Waals surface area contributed by atoms with Gasteiger partial charge in [0.05, 0.1) is 12.0 Å². The fraction of sp³-hybridized carbons (Fsp3) is 0.278. The van der Waals surface area contributed by atoms with E-state index in [1.54, 1.807) is 38.1 Å². The Morgan fingerprint density at radius 1 is 1.08 bits per heavy atom. The van der Waals surface area contributed by atoms with Crippen LogP contribution in [0.3, 0.4) is 0 Å². The first-order valence-electron chi connectivity index (χ1n) is 7.71. The van der Waals surface area contributed by atoms with Gasteiger partial charge in [0, 0.05) is 0 Å². The molecule has 0 fully saturated rings. The van der Waals surface area contributed by atoms with Crippen molar-refractivity contribution in [3.63, 3.8) is 0 Å². The fourth-order valence-corrected chi connectivity index (χ4v) is 3.65. The van der Waals surface area contributed by atoms with Gasteiger partial charge in [-0.3, -0.25) is 4.79 Å². The van der Waals surface area contributed by atoms with Gasteiger partial charge in [0.1, 0.15) is 11.9 Å². The van der Waals surface area contributed by atoms with Crippen LogP contribution in [-0.4, -0.2) is 27.5 Å². The molecule has 0 saturated carbocycles. The first kappa shape index (κ1) is 19.1. The minimum atomic E-state index is -3.89. The number of hydrogen-bond acceptors (Lipinski definition) is 4. The van der Waals surface area contributed by atoms with Crippen molar-refractivity contribution < 1.29 is 22.3 Å². The SMILES string of the molecule is COC(=O)[C@@H](NS(=O)(=O)c1ccc(-c2cccc(F)c2)cc1)C(C)C. The van der Waals surface area contributed by atoms with E-state index >= 15 is 0 Å². The van der Waals surface area contributed by atoms with E-state index in [0.29, 0.717) is 11.1 Å². The number of methoxy groups -OCH3 is 1. The Morgan fingerprint density at radius 2 is 1.72 bits per heavy atom. The molecule has 134 valence electrons. The fourth-order valence-electron chi connectivity index (χ4n) is 2.31. The Hall–Kier alpha value is -2.25. The quantitative estimate of drug-likeness (QED) is 0.799. The molecule has 0 spiro atoms. The molecule has 2 aromatic carbocycles. The number of halogens is 1. The molecule has 0 bridgehead atoms. The molecule has 0 aliphatic carbocycles. The molecule has 2 aromatic rings. The third-order valence-corrected chi connectivity index (χ3v) is 5.18. The molecule has 2 rings (SSSR count). The Balaban J connectivity index is 2.27. The van der Waals surface area contributed by atoms with E-state index < -0.39 is 22.0 Å². The van der Waals surface area contributed by atoms with Crippen LogP contribution in [-0.2, 0) is 19.6 Å². The molecule has 25 heavy (non-hydrogen) atoms. The first-order chi connectivity index (χ1) is 11.7. The second kappa shape index (κ2) is 7.76. The maximum absolute atomic E-state index is 13.3. The van der Waals surface area contributed by atoms with Gasteiger partial charge in [0.25, 0.3) is 0 Å². The monoisotopic (exact) mass is 365 g/mol. The topological polar surface area (TPSA) is 72.5 Å². The lowest BCUT2D eigenvalue weighted by Crippen LogP contribution is -2.44. The zero-order chi connectivity index (χ0) is 18.6. The lowest BCUT2D eigenvalue weighted by molar-refractivity contribution is -0.143. The predicted molar refractivity (Wildman–Crippen MR) is 92.8 cm³/mol. The third kappa shape index (κ3) is 4.64. The summed E-state index contributed by atoms with van der Waals surface area (Å²) in [5, 5.41) is 0. The van der Waals surface area contributed by atoms with Crippen LogP contribution >= 0.6 is 0 Å². The average molecular weight is 365 g/mol. The van der Waals surface area contributed by atoms with Gasteiger partial charge < -0.3 is 4.74 Å². The second-order valence-corrected chi connectivity index (χ2v) is 7.61. The predicted octanol–water partition coefficient (Wildman–Crippen LogP) is 2.97. The molecule has 7 heteroatoms. The minimum absolute atomic E-state index is 0.0159. The van der Waals surface area contributed by atoms with Crippen molar-refractivity contribution in [2.45, 2.75) is 24.8 Å². The number of hydrogen-bond donors (Lipinski definition) is 1. The Morgan fingerprint density at radius 3 is 2.24 bits per heavy atom. The van der Waals surface area contributed by atoms with Crippen molar-refractivity contribution in [2.75, 3.05) is 7.11 Å². The first-order valence-corrected chi connectivity index (χ1v) is 9.19. The zero-order valence-corrected chi connectivity index (χ0v) is 15.0. The number of rotatable bonds is 6. The van der Waals surface area contributed by atoms with Crippen molar-refractivity contribution >= 4 is 16.0 Å². The molecule has 0 unspecified atom stereocenters. The van der Waals surface area contributed by atoms with Gasteiger partial charge in [-0.15, -0.1) is 0 Å². The molecular weight excluding hydrogens is 345 g/mol. The van der Waals surface area contributed by atoms with Crippen molar-refractivity contribution in [3.05, 3.63) is 54.3 Å². The summed E-state index contributed by atoms with van der Waals surface area (Å²) < 4.78 is 45.3. The van der Waals surface area contributed by atoms with Gasteiger partial charge in [0.2, 0.25) is 10.0 Å². The molecule has 0 amide bonds. The van der Waals surface area contributed by atoms with Crippen molar-refractivity contribution in [2.24, 2.45) is 5.92 Å². The summed E-state index contributed by atoms with van der Waals surface area (Å²) in [6.45, 7) is 3.44. The van der Waals surface area contributed by atoms with E-state index in [2.05, 4.69) is 9.46 Å². The summed E-state index contributed by atoms with van der Waals surface area (Å²) in [5.41, 5.74) is 1.33. The van der Waals surface area contributed by atoms with Crippen LogP contribution in [0.1, 0.15) is 13.8 Å². The molecule has 1 N–H and O–H groups in total. The largest absolute Gasteiger partial charge is 0.468 e. The Bertz CT molecular complexity index is 848. The van der Waals surface area contributed by atoms with Crippen molar-refractivity contribution in [1.29, 1.82) is 0 Å². The van der Waals surface area contributed by atoms with Crippen LogP contribution in [0.4, 0.5) is 4.39 Å². The molecular formula is C18H20FNO4S. The summed E-state index contributed by atoms with van der Waals surface area (Å²) in [6.07, 6.45) is 0. The summed E-state index contributed by atoms with van der Waals surface area (Å²) in [4.78, 5) is 11.8. The van der Waals surface area contributed by atoms with Crippen LogP contribution in [0.15, 0.2) is 53.4 Å². The van der Waals surface area contributed by atoms with E-state index in [1.807, 2.05) is 0 Å². The minimum Gasteiger partial charge on any atom is -0.468 e. The van der Waals surface area contributed by atoms with E-state index in [4.69, 9.17) is 0 Å². The van der Waals surface area contributed by atoms with Gasteiger partial charge in [0.15, 0.2) is 0 Å². The number of nitrogens with one attached hydrogen (secondary N) is 1. The zero-order valence-electron chi connectivity index (χ0n) is 14.2. The molecule has 0 saturated heterocycles. The van der Waals surface area contributed by atoms with E-state index in [-0.39, 0.29) is 16.6 Å². The Kier molecular flexibility index (Phi) is 5.92. The highest BCUT2D eigenvalue weighted by Gasteiger charge is 2.29. The van der Waals surface area contributed by atoms with E-state index in [1.165, 1.54) is 31.4 Å². The van der Waals surface area contributed by atoms with Crippen LogP contribution in [0.2, 0.25) is 0 Å². The molecule has 0 radical (unpaired) electrons. The number of esters is 1. The van der Waals surface area contributed by atoms with Crippen LogP contribution in [0, 0.1) is 11.7 Å². The summed E-state index contributed by atoms with van der Waals surface area (Å²) in [6, 6.07) is 11.1. The molecule has 5 nitrogen and oxygen atoms in total. The highest BCUT2D eigenvalue weighted by atomic mass is 32.2. The number of sulfonamides is 1. The molecule has 0 heterocycles. The van der Waals surface area contributed by atoms with Gasteiger partial charge in [-0.1, -0.05) is 38.1 Å². The van der Waals surface area contributed by atoms with Crippen molar-refractivity contribution in [1.82, 2.24) is 4.72 Å². The van der Waals surface area contributed by atoms with Crippen LogP contribution in [0.5, 0.6) is 0 Å². The Labute approximate surface area is 146 Å². The summed E-state index contributed by atoms with van der Waals surface area (Å²) in [5.74, 6) is -1.28. The maximum Gasteiger partial charge on any atom is 0.324 e. The number of benzene rings is 2. The highest BCUT2D eigenvalue weighted by Crippen LogP contribution is 2.22. The molecule has 0 aliphatic heterocycles. The van der Waals surface area contributed by atoms with Gasteiger partial charge in [-0.2, -0.15) is 4.72 Å². The summed E-state index contributed by atoms with van der Waals surface area (Å²) >= 11 is 0. The van der Waals surface area contributed by atoms with Gasteiger partial charge in [-0.05, 0) is 41.3 Å². The van der Waals surface area contributed by atoms with Crippen LogP contribution in [0.25, 0.3) is 11.1 Å². The molecule has 0 aliphatic rings. The standard InChI is InChI=1S/C18H20FNO4S/c1-12(2)17(18(21)24-3)20-25(22,23)16-9-7-13(8-10-16)14-5-4-6-15(19)11-14/h4-12,17,20H,1-3H3/t17-/m0/s1. The average Bonchev–Trinajstić information content (AvgIpc) is 2.59. The normalized spacial score (nSPS) is 12.8. The highest BCUT2D eigenvalue weighted by molar-refractivity contribution is 7.89. The lowest BCUT2D eigenvalue weighted by atomic mass is 10.1. The van der Waals surface area contributed by atoms with E-state index in [0.717, 1.165) is 0 Å². The molecule has 0 aromatic heterocycles. The van der Waals surface area contributed by atoms with Crippen LogP contribution < -0.4 is 4.72 Å². The number of carbonyl (C=O) groups is 1. The van der Waals surface area contributed by atoms with Crippen molar-refractivity contribution in [3.8, 4) is 11.1 Å². The maximum atomic E-state index is 13.3. The van der Waals surface area contributed by atoms with Gasteiger partial charge >= 0.3 is 5.97 Å². The van der Waals surface area contributed by atoms with Gasteiger partial charge in [-0.25, -0.2) is 12.8 Å². The summed E-state index contributed by atoms with van der Waals surface area (Å²) in [7, 11) is -2.68. The lowest BCUT2D eigenvalue weighted by Gasteiger charge is -2.19. The van der Waals surface area contributed by atoms with E-state index in [9.17, 15) is 17.6 Å². The second-order valence-electron chi connectivity index (χ2n) is 5.90. The number of carbonyl (C=O) groups excluding carboxylic acids is 1. The smallest absolute Gasteiger partial charge is 0.324 e.